The molecule has 0 fully saturated rings. The molecule has 0 amide bonds. The SMILES string of the molecule is C/C(=C\CC/C(C)=C/CC/C(C)=C/COCc1ccccc1)CBr.CC(C)=CCC/C(C)=C/CC/C(C)=C/CC/C(C)=C/C(C/C(C)=C/CC/C(C)=C/CC/C(C)=C/COCF)Sc1ccccc1.CC(C)=CCC/C(C)=C/CC/C(C)=C/CC/C(C)=C/CSc1ccccc1.[CH2-]CCC.[Li+]. The van der Waals surface area contributed by atoms with Crippen LogP contribution in [0.3, 0.4) is 0 Å². The average Bonchev–Trinajstić information content (AvgIpc) is 0.967. The van der Waals surface area contributed by atoms with E-state index in [4.69, 9.17) is 9.47 Å². The standard InChI is InChI=1S/C42H63FOS.C26H38S.C22H31BrO.C4H9.Li/c1-34(2)17-12-18-35(3)19-13-20-36(4)22-15-25-39(7)31-42(45-41-27-10-9-11-28-41)32-40(8)26-16-23-37(5)21-14-24-38(6)29-30-44-33-43;1-22(2)12-9-13-23(3)14-10-15-24(4)16-11-17-25(5)20-21-27-26-18-7-6-8-19-26;1-19(10-8-12-21(3)17-23)9-7-11-20(2)15-16-24-18-22-13-5-4-6-14-22;1-3-4-2;/h9-11,17,19,21-22,26-29,31,42H,12-16,18,20,23-25,30,32-33H2,1-8H3;6-8,12,14,16,18-20H,9-11,13,15,17,21H2,1-5H3;4-6,9,12-15H,7-8,10-11,16-18H2,1-3H3;1,3-4H2,2H3;/q;;;-1;+1/b35-19+,36-22+,37-21+,38-29+,39-31+,40-26+;23-14+,24-16+,25-20+;19-9+,20-15+,21-12+;;. The summed E-state index contributed by atoms with van der Waals surface area (Å²) < 4.78 is 22.6. The third kappa shape index (κ3) is 66.1. The Morgan fingerprint density at radius 3 is 1.06 bits per heavy atom. The van der Waals surface area contributed by atoms with E-state index in [1.54, 1.807) is 0 Å². The summed E-state index contributed by atoms with van der Waals surface area (Å²) in [6.45, 7) is 42.3. The fourth-order valence-corrected chi connectivity index (χ4v) is 12.6. The van der Waals surface area contributed by atoms with E-state index < -0.39 is 6.86 Å². The molecule has 0 heterocycles. The number of ether oxygens (including phenoxy) is 2. The van der Waals surface area contributed by atoms with Crippen molar-refractivity contribution in [1.82, 2.24) is 0 Å². The summed E-state index contributed by atoms with van der Waals surface area (Å²) in [5.74, 6) is 1.06. The topological polar surface area (TPSA) is 18.5 Å². The van der Waals surface area contributed by atoms with Crippen LogP contribution in [0.25, 0.3) is 0 Å². The van der Waals surface area contributed by atoms with Crippen LogP contribution in [-0.4, -0.2) is 36.4 Å². The molecule has 3 aromatic rings. The summed E-state index contributed by atoms with van der Waals surface area (Å²) >= 11 is 7.36. The van der Waals surface area contributed by atoms with Crippen LogP contribution in [0.1, 0.15) is 271 Å². The Labute approximate surface area is 651 Å². The number of allylic oxidation sites excluding steroid dienone is 24. The Kier molecular flexibility index (Phi) is 67.2. The molecule has 3 rings (SSSR count). The summed E-state index contributed by atoms with van der Waals surface area (Å²) in [5.41, 5.74) is 21.6. The van der Waals surface area contributed by atoms with Crippen LogP contribution in [-0.2, 0) is 16.1 Å². The van der Waals surface area contributed by atoms with Gasteiger partial charge in [0.05, 0.1) is 19.8 Å². The predicted molar refractivity (Wildman–Crippen MR) is 456 cm³/mol. The van der Waals surface area contributed by atoms with E-state index in [0.717, 1.165) is 114 Å². The zero-order valence-corrected chi connectivity index (χ0v) is 70.6. The van der Waals surface area contributed by atoms with Gasteiger partial charge in [0.15, 0.2) is 6.86 Å². The first-order valence-electron chi connectivity index (χ1n) is 37.7. The largest absolute Gasteiger partial charge is 1.00 e. The number of alkyl halides is 2. The molecular weight excluding hydrogens is 1330 g/mol. The number of unbranched alkanes of at least 4 members (excludes halogenated alkanes) is 1. The Bertz CT molecular complexity index is 3010. The number of thioether (sulfide) groups is 2. The van der Waals surface area contributed by atoms with Crippen LogP contribution in [0.4, 0.5) is 4.39 Å². The van der Waals surface area contributed by atoms with Gasteiger partial charge in [0.1, 0.15) is 0 Å². The first kappa shape index (κ1) is 98.7. The molecule has 0 saturated carbocycles. The summed E-state index contributed by atoms with van der Waals surface area (Å²) in [6, 6.07) is 31.8. The maximum absolute atomic E-state index is 12.1. The maximum Gasteiger partial charge on any atom is 1.00 e. The summed E-state index contributed by atoms with van der Waals surface area (Å²) in [5, 5.41) is 1.41. The van der Waals surface area contributed by atoms with Crippen molar-refractivity contribution in [2.24, 2.45) is 0 Å². The van der Waals surface area contributed by atoms with Crippen LogP contribution in [0.2, 0.25) is 0 Å². The molecule has 2 nitrogen and oxygen atoms in total. The van der Waals surface area contributed by atoms with Gasteiger partial charge in [-0.1, -0.05) is 259 Å². The minimum Gasteiger partial charge on any atom is -0.373 e. The Balaban J connectivity index is 0. The van der Waals surface area contributed by atoms with E-state index >= 15 is 0 Å². The minimum absolute atomic E-state index is 0. The van der Waals surface area contributed by atoms with Crippen LogP contribution in [0.15, 0.2) is 264 Å². The van der Waals surface area contributed by atoms with Crippen molar-refractivity contribution in [3.8, 4) is 0 Å². The van der Waals surface area contributed by atoms with Crippen LogP contribution >= 0.6 is 39.5 Å². The quantitative estimate of drug-likeness (QED) is 0.0140. The van der Waals surface area contributed by atoms with Crippen LogP contribution in [0, 0.1) is 6.92 Å². The summed E-state index contributed by atoms with van der Waals surface area (Å²) in [7, 11) is 0. The molecule has 0 saturated heterocycles. The van der Waals surface area contributed by atoms with E-state index in [1.165, 1.54) is 138 Å². The van der Waals surface area contributed by atoms with Gasteiger partial charge in [0.2, 0.25) is 0 Å². The monoisotopic (exact) mass is 1470 g/mol. The molecular formula is C94H141BrFLiO2S2. The smallest absolute Gasteiger partial charge is 0.373 e. The van der Waals surface area contributed by atoms with E-state index in [1.807, 2.05) is 47.8 Å². The second-order valence-corrected chi connectivity index (χ2v) is 30.8. The number of hydrogen-bond donors (Lipinski definition) is 0. The Morgan fingerprint density at radius 2 is 0.703 bits per heavy atom. The number of benzene rings is 3. The fourth-order valence-electron chi connectivity index (χ4n) is 10.1. The second-order valence-electron chi connectivity index (χ2n) is 27.8. The Hall–Kier alpha value is -4.35. The minimum atomic E-state index is -0.717. The van der Waals surface area contributed by atoms with E-state index in [9.17, 15) is 4.39 Å². The maximum atomic E-state index is 12.1. The summed E-state index contributed by atoms with van der Waals surface area (Å²) in [6.07, 6.45) is 58.9. The van der Waals surface area contributed by atoms with Gasteiger partial charge >= 0.3 is 18.9 Å². The van der Waals surface area contributed by atoms with Gasteiger partial charge in [-0.05, 0) is 275 Å². The van der Waals surface area contributed by atoms with Crippen LogP contribution in [0.5, 0.6) is 0 Å². The van der Waals surface area contributed by atoms with Gasteiger partial charge in [-0.25, -0.2) is 4.39 Å². The van der Waals surface area contributed by atoms with Crippen LogP contribution < -0.4 is 18.9 Å². The van der Waals surface area contributed by atoms with Gasteiger partial charge in [-0.3, -0.25) is 0 Å². The zero-order chi connectivity index (χ0) is 74.2. The average molecular weight is 1470 g/mol. The molecule has 0 aliphatic carbocycles. The van der Waals surface area contributed by atoms with Gasteiger partial charge < -0.3 is 16.4 Å². The van der Waals surface area contributed by atoms with Gasteiger partial charge in [-0.2, -0.15) is 6.42 Å². The zero-order valence-electron chi connectivity index (χ0n) is 67.4. The molecule has 0 aliphatic rings. The van der Waals surface area contributed by atoms with Gasteiger partial charge in [0, 0.05) is 26.1 Å². The van der Waals surface area contributed by atoms with Crippen molar-refractivity contribution in [2.45, 2.75) is 287 Å². The molecule has 0 aromatic heterocycles. The summed E-state index contributed by atoms with van der Waals surface area (Å²) in [4.78, 5) is 2.68. The first-order valence-corrected chi connectivity index (χ1v) is 40.7. The predicted octanol–water partition coefficient (Wildman–Crippen LogP) is 28.6. The molecule has 0 radical (unpaired) electrons. The third-order valence-electron chi connectivity index (χ3n) is 16.7. The van der Waals surface area contributed by atoms with Crippen molar-refractivity contribution in [1.29, 1.82) is 0 Å². The number of halogens is 2. The van der Waals surface area contributed by atoms with Crippen molar-refractivity contribution in [3.63, 3.8) is 0 Å². The van der Waals surface area contributed by atoms with E-state index in [2.05, 4.69) is 292 Å². The van der Waals surface area contributed by atoms with Crippen molar-refractivity contribution < 1.29 is 32.7 Å². The number of hydrogen-bond acceptors (Lipinski definition) is 4. The fraction of sp³-hybridized carbons (Fsp3) is 0.500. The van der Waals surface area contributed by atoms with Crippen molar-refractivity contribution in [2.75, 3.05) is 31.2 Å². The first-order chi connectivity index (χ1) is 48.1. The van der Waals surface area contributed by atoms with Gasteiger partial charge in [0.25, 0.3) is 0 Å². The molecule has 101 heavy (non-hydrogen) atoms. The normalized spacial score (nSPS) is 13.5. The molecule has 0 aliphatic heterocycles. The van der Waals surface area contributed by atoms with E-state index in [0.29, 0.717) is 25.1 Å². The molecule has 1 unspecified atom stereocenters. The molecule has 0 N–H and O–H groups in total. The number of rotatable bonds is 47. The third-order valence-corrected chi connectivity index (χ3v) is 19.7. The van der Waals surface area contributed by atoms with Crippen molar-refractivity contribution in [3.05, 3.63) is 267 Å². The molecule has 1 atom stereocenters. The van der Waals surface area contributed by atoms with E-state index in [-0.39, 0.29) is 18.9 Å². The molecule has 556 valence electrons. The molecule has 0 spiro atoms. The molecule has 7 heteroatoms. The molecule has 0 bridgehead atoms. The molecule has 3 aromatic carbocycles. The second kappa shape index (κ2) is 68.7. The van der Waals surface area contributed by atoms with Crippen molar-refractivity contribution >= 4 is 39.5 Å². The Morgan fingerprint density at radius 1 is 0.396 bits per heavy atom. The van der Waals surface area contributed by atoms with Gasteiger partial charge in [-0.15, -0.1) is 23.5 Å².